The van der Waals surface area contributed by atoms with Crippen molar-refractivity contribution < 1.29 is 9.53 Å². The van der Waals surface area contributed by atoms with E-state index in [4.69, 9.17) is 4.74 Å². The highest BCUT2D eigenvalue weighted by molar-refractivity contribution is 5.89. The molecular formula is C19H21NO2. The lowest BCUT2D eigenvalue weighted by Crippen LogP contribution is -2.07. The van der Waals surface area contributed by atoms with Crippen LogP contribution < -0.4 is 0 Å². The Morgan fingerprint density at radius 1 is 1.14 bits per heavy atom. The zero-order valence-electron chi connectivity index (χ0n) is 12.9. The number of hydrogen-bond donors (Lipinski definition) is 0. The average molecular weight is 295 g/mol. The summed E-state index contributed by atoms with van der Waals surface area (Å²) in [6.45, 7) is 2.46. The third kappa shape index (κ3) is 5.17. The summed E-state index contributed by atoms with van der Waals surface area (Å²) in [5.74, 6) is -0.272. The van der Waals surface area contributed by atoms with E-state index < -0.39 is 0 Å². The second-order valence-electron chi connectivity index (χ2n) is 5.02. The van der Waals surface area contributed by atoms with Crippen LogP contribution in [0.4, 0.5) is 5.69 Å². The summed E-state index contributed by atoms with van der Waals surface area (Å²) in [5.41, 5.74) is 2.69. The van der Waals surface area contributed by atoms with Crippen LogP contribution in [0.3, 0.4) is 0 Å². The van der Waals surface area contributed by atoms with E-state index in [2.05, 4.69) is 11.9 Å². The summed E-state index contributed by atoms with van der Waals surface area (Å²) < 4.78 is 5.27. The number of nitrogens with zero attached hydrogens (tertiary/aromatic N) is 1. The molecular weight excluding hydrogens is 274 g/mol. The third-order valence-electron chi connectivity index (χ3n) is 3.18. The van der Waals surface area contributed by atoms with Crippen LogP contribution >= 0.6 is 0 Å². The van der Waals surface area contributed by atoms with Gasteiger partial charge in [-0.15, -0.1) is 0 Å². The number of aryl methyl sites for hydroxylation is 1. The van der Waals surface area contributed by atoms with Crippen molar-refractivity contribution in [1.29, 1.82) is 0 Å². The molecule has 2 aromatic carbocycles. The van der Waals surface area contributed by atoms with E-state index >= 15 is 0 Å². The number of hydrogen-bond acceptors (Lipinski definition) is 3. The molecule has 0 fully saturated rings. The molecule has 3 nitrogen and oxygen atoms in total. The summed E-state index contributed by atoms with van der Waals surface area (Å²) in [6.07, 6.45) is 4.42. The fourth-order valence-electron chi connectivity index (χ4n) is 2.11. The van der Waals surface area contributed by atoms with E-state index in [-0.39, 0.29) is 5.97 Å². The van der Waals surface area contributed by atoms with E-state index in [0.29, 0.717) is 18.6 Å². The second-order valence-corrected chi connectivity index (χ2v) is 5.02. The minimum absolute atomic E-state index is 0.272. The highest BCUT2D eigenvalue weighted by Gasteiger charge is 2.06. The molecule has 0 saturated carbocycles. The van der Waals surface area contributed by atoms with Crippen LogP contribution in [0.15, 0.2) is 59.6 Å². The lowest BCUT2D eigenvalue weighted by Gasteiger charge is -2.05. The molecule has 114 valence electrons. The highest BCUT2D eigenvalue weighted by atomic mass is 16.5. The number of esters is 1. The zero-order valence-corrected chi connectivity index (χ0v) is 12.9. The first kappa shape index (κ1) is 16.0. The van der Waals surface area contributed by atoms with Crippen LogP contribution in [0.2, 0.25) is 0 Å². The Kier molecular flexibility index (Phi) is 6.37. The first-order chi connectivity index (χ1) is 10.8. The smallest absolute Gasteiger partial charge is 0.338 e. The van der Waals surface area contributed by atoms with Crippen molar-refractivity contribution in [3.63, 3.8) is 0 Å². The van der Waals surface area contributed by atoms with E-state index in [1.807, 2.05) is 48.5 Å². The number of aliphatic imine (C=N–C) groups is 1. The quantitative estimate of drug-likeness (QED) is 0.426. The Balaban J connectivity index is 1.78. The van der Waals surface area contributed by atoms with E-state index in [1.165, 1.54) is 5.56 Å². The standard InChI is InChI=1S/C19H21NO2/c1-2-8-16-9-6-10-17(15-16)19(21)22-14-7-13-20-18-11-4-3-5-12-18/h3-6,9-13,15H,2,7-8,14H2,1H3. The lowest BCUT2D eigenvalue weighted by atomic mass is 10.1. The number of carbonyl (C=O) groups excluding carboxylic acids is 1. The molecule has 0 amide bonds. The van der Waals surface area contributed by atoms with Gasteiger partial charge in [0, 0.05) is 12.6 Å². The van der Waals surface area contributed by atoms with Gasteiger partial charge in [0.15, 0.2) is 0 Å². The fraction of sp³-hybridized carbons (Fsp3) is 0.263. The molecule has 0 heterocycles. The van der Waals surface area contributed by atoms with Crippen molar-refractivity contribution in [2.75, 3.05) is 6.61 Å². The van der Waals surface area contributed by atoms with Crippen molar-refractivity contribution in [1.82, 2.24) is 0 Å². The molecule has 0 aliphatic carbocycles. The van der Waals surface area contributed by atoms with Gasteiger partial charge in [0.25, 0.3) is 0 Å². The normalized spacial score (nSPS) is 10.8. The largest absolute Gasteiger partial charge is 0.462 e. The Morgan fingerprint density at radius 3 is 2.73 bits per heavy atom. The van der Waals surface area contributed by atoms with Gasteiger partial charge in [-0.3, -0.25) is 4.99 Å². The van der Waals surface area contributed by atoms with Gasteiger partial charge >= 0.3 is 5.97 Å². The molecule has 0 saturated heterocycles. The third-order valence-corrected chi connectivity index (χ3v) is 3.18. The van der Waals surface area contributed by atoms with Gasteiger partial charge in [-0.2, -0.15) is 0 Å². The Bertz CT molecular complexity index is 620. The van der Waals surface area contributed by atoms with Crippen LogP contribution in [0.25, 0.3) is 0 Å². The maximum atomic E-state index is 12.0. The van der Waals surface area contributed by atoms with E-state index in [9.17, 15) is 4.79 Å². The van der Waals surface area contributed by atoms with Crippen molar-refractivity contribution >= 4 is 17.9 Å². The zero-order chi connectivity index (χ0) is 15.6. The summed E-state index contributed by atoms with van der Waals surface area (Å²) in [5, 5.41) is 0. The van der Waals surface area contributed by atoms with Crippen molar-refractivity contribution in [2.24, 2.45) is 4.99 Å². The molecule has 2 aromatic rings. The predicted octanol–water partition coefficient (Wildman–Crippen LogP) is 4.59. The van der Waals surface area contributed by atoms with Gasteiger partial charge in [0.05, 0.1) is 17.9 Å². The number of ether oxygens (including phenoxy) is 1. The maximum Gasteiger partial charge on any atom is 0.338 e. The Hall–Kier alpha value is -2.42. The molecule has 22 heavy (non-hydrogen) atoms. The Labute approximate surface area is 131 Å². The second kappa shape index (κ2) is 8.78. The fourth-order valence-corrected chi connectivity index (χ4v) is 2.11. The monoisotopic (exact) mass is 295 g/mol. The molecule has 0 aliphatic rings. The first-order valence-corrected chi connectivity index (χ1v) is 7.63. The lowest BCUT2D eigenvalue weighted by molar-refractivity contribution is 0.0516. The van der Waals surface area contributed by atoms with Gasteiger partial charge in [-0.25, -0.2) is 4.79 Å². The number of para-hydroxylation sites is 1. The van der Waals surface area contributed by atoms with Crippen molar-refractivity contribution in [2.45, 2.75) is 26.2 Å². The molecule has 0 aliphatic heterocycles. The van der Waals surface area contributed by atoms with E-state index in [0.717, 1.165) is 18.5 Å². The molecule has 0 atom stereocenters. The van der Waals surface area contributed by atoms with E-state index in [1.54, 1.807) is 12.3 Å². The van der Waals surface area contributed by atoms with Crippen LogP contribution in [-0.2, 0) is 11.2 Å². The topological polar surface area (TPSA) is 38.7 Å². The molecule has 0 unspecified atom stereocenters. The summed E-state index contributed by atoms with van der Waals surface area (Å²) in [4.78, 5) is 16.3. The van der Waals surface area contributed by atoms with Gasteiger partial charge in [-0.1, -0.05) is 43.7 Å². The number of rotatable bonds is 7. The van der Waals surface area contributed by atoms with Crippen LogP contribution in [0.1, 0.15) is 35.7 Å². The minimum atomic E-state index is -0.272. The van der Waals surface area contributed by atoms with Crippen molar-refractivity contribution in [3.8, 4) is 0 Å². The number of carbonyl (C=O) groups is 1. The molecule has 0 aromatic heterocycles. The molecule has 0 radical (unpaired) electrons. The molecule has 0 spiro atoms. The predicted molar refractivity (Wildman–Crippen MR) is 89.9 cm³/mol. The van der Waals surface area contributed by atoms with Gasteiger partial charge in [0.2, 0.25) is 0 Å². The summed E-state index contributed by atoms with van der Waals surface area (Å²) >= 11 is 0. The number of benzene rings is 2. The SMILES string of the molecule is CCCc1cccc(C(=O)OCCC=Nc2ccccc2)c1. The van der Waals surface area contributed by atoms with Crippen molar-refractivity contribution in [3.05, 3.63) is 65.7 Å². The van der Waals surface area contributed by atoms with Gasteiger partial charge in [0.1, 0.15) is 0 Å². The maximum absolute atomic E-state index is 12.0. The minimum Gasteiger partial charge on any atom is -0.462 e. The van der Waals surface area contributed by atoms with Crippen LogP contribution in [0, 0.1) is 0 Å². The summed E-state index contributed by atoms with van der Waals surface area (Å²) in [7, 11) is 0. The van der Waals surface area contributed by atoms with Gasteiger partial charge in [-0.05, 0) is 36.2 Å². The average Bonchev–Trinajstić information content (AvgIpc) is 2.56. The summed E-state index contributed by atoms with van der Waals surface area (Å²) in [6, 6.07) is 17.3. The van der Waals surface area contributed by atoms with Crippen LogP contribution in [0.5, 0.6) is 0 Å². The molecule has 2 rings (SSSR count). The molecule has 0 N–H and O–H groups in total. The van der Waals surface area contributed by atoms with Crippen LogP contribution in [-0.4, -0.2) is 18.8 Å². The highest BCUT2D eigenvalue weighted by Crippen LogP contribution is 2.10. The molecule has 3 heteroatoms. The Morgan fingerprint density at radius 2 is 1.95 bits per heavy atom. The van der Waals surface area contributed by atoms with Gasteiger partial charge < -0.3 is 4.74 Å². The molecule has 0 bridgehead atoms. The first-order valence-electron chi connectivity index (χ1n) is 7.63.